The lowest BCUT2D eigenvalue weighted by molar-refractivity contribution is -0.130. The second kappa shape index (κ2) is 10.1. The zero-order chi connectivity index (χ0) is 23.4. The Morgan fingerprint density at radius 3 is 2.70 bits per heavy atom. The molecule has 2 aliphatic heterocycles. The summed E-state index contributed by atoms with van der Waals surface area (Å²) in [5, 5.41) is 21.2. The standard InChI is InChI=1S/C24H31N5O4/c1-33-21-7-3-6-18-17(21)12-20(28-18)24(32)29-19(10-14-4-2-5-14)23(31)27-16(13-25)11-15-8-9-26-22(15)30/h3,6-7,14-16,19-20,28H,2,4-5,8-12H2,1H3,(H,26,30)(H,27,31)(H,29,32). The van der Waals surface area contributed by atoms with E-state index in [4.69, 9.17) is 4.74 Å². The molecule has 0 spiro atoms. The number of ether oxygens (including phenoxy) is 1. The van der Waals surface area contributed by atoms with Crippen LogP contribution in [-0.2, 0) is 20.8 Å². The van der Waals surface area contributed by atoms with Crippen LogP contribution in [0.3, 0.4) is 0 Å². The molecule has 9 nitrogen and oxygen atoms in total. The molecule has 9 heteroatoms. The van der Waals surface area contributed by atoms with E-state index in [2.05, 4.69) is 27.3 Å². The molecule has 176 valence electrons. The number of fused-ring (bicyclic) bond motifs is 1. The maximum absolute atomic E-state index is 13.1. The van der Waals surface area contributed by atoms with Crippen LogP contribution in [0.15, 0.2) is 18.2 Å². The third-order valence-corrected chi connectivity index (χ3v) is 6.99. The van der Waals surface area contributed by atoms with Gasteiger partial charge in [-0.05, 0) is 37.3 Å². The van der Waals surface area contributed by atoms with E-state index in [0.29, 0.717) is 31.7 Å². The molecule has 0 bridgehead atoms. The highest BCUT2D eigenvalue weighted by Gasteiger charge is 2.35. The van der Waals surface area contributed by atoms with E-state index in [9.17, 15) is 19.6 Å². The van der Waals surface area contributed by atoms with E-state index in [1.807, 2.05) is 18.2 Å². The number of hydrogen-bond donors (Lipinski definition) is 4. The molecule has 1 saturated heterocycles. The van der Waals surface area contributed by atoms with E-state index in [-0.39, 0.29) is 30.1 Å². The van der Waals surface area contributed by atoms with Gasteiger partial charge in [0.05, 0.1) is 13.2 Å². The molecule has 2 heterocycles. The van der Waals surface area contributed by atoms with Gasteiger partial charge in [0.2, 0.25) is 17.7 Å². The van der Waals surface area contributed by atoms with Crippen molar-refractivity contribution in [2.45, 2.75) is 63.1 Å². The summed E-state index contributed by atoms with van der Waals surface area (Å²) in [7, 11) is 1.60. The zero-order valence-corrected chi connectivity index (χ0v) is 18.9. The van der Waals surface area contributed by atoms with Gasteiger partial charge in [0.15, 0.2) is 0 Å². The quantitative estimate of drug-likeness (QED) is 0.445. The summed E-state index contributed by atoms with van der Waals surface area (Å²) in [4.78, 5) is 38.0. The van der Waals surface area contributed by atoms with E-state index in [1.54, 1.807) is 7.11 Å². The molecule has 1 aromatic carbocycles. The van der Waals surface area contributed by atoms with Gasteiger partial charge in [0, 0.05) is 30.1 Å². The van der Waals surface area contributed by atoms with Crippen LogP contribution in [0, 0.1) is 23.2 Å². The Morgan fingerprint density at radius 1 is 1.24 bits per heavy atom. The Balaban J connectivity index is 1.39. The molecule has 1 saturated carbocycles. The minimum absolute atomic E-state index is 0.0777. The highest BCUT2D eigenvalue weighted by Crippen LogP contribution is 2.34. The summed E-state index contributed by atoms with van der Waals surface area (Å²) < 4.78 is 5.40. The summed E-state index contributed by atoms with van der Waals surface area (Å²) in [5.41, 5.74) is 1.80. The molecule has 1 aromatic rings. The molecule has 0 radical (unpaired) electrons. The molecule has 4 N–H and O–H groups in total. The van der Waals surface area contributed by atoms with Gasteiger partial charge >= 0.3 is 0 Å². The Morgan fingerprint density at radius 2 is 2.06 bits per heavy atom. The van der Waals surface area contributed by atoms with Crippen LogP contribution in [0.2, 0.25) is 0 Å². The first-order chi connectivity index (χ1) is 16.0. The molecule has 0 aromatic heterocycles. The fourth-order valence-electron chi connectivity index (χ4n) is 4.84. The normalized spacial score (nSPS) is 23.2. The van der Waals surface area contributed by atoms with Gasteiger partial charge in [0.1, 0.15) is 23.9 Å². The largest absolute Gasteiger partial charge is 0.496 e. The Labute approximate surface area is 193 Å². The van der Waals surface area contributed by atoms with Gasteiger partial charge in [-0.15, -0.1) is 0 Å². The second-order valence-corrected chi connectivity index (χ2v) is 9.18. The van der Waals surface area contributed by atoms with Crippen molar-refractivity contribution in [3.8, 4) is 11.8 Å². The van der Waals surface area contributed by atoms with Crippen LogP contribution in [-0.4, -0.2) is 49.5 Å². The summed E-state index contributed by atoms with van der Waals surface area (Å²) in [6.07, 6.45) is 5.15. The highest BCUT2D eigenvalue weighted by molar-refractivity contribution is 5.93. The number of nitrogens with one attached hydrogen (secondary N) is 4. The van der Waals surface area contributed by atoms with Crippen LogP contribution in [0.1, 0.15) is 44.1 Å². The van der Waals surface area contributed by atoms with E-state index < -0.39 is 18.1 Å². The number of methoxy groups -OCH3 is 1. The third kappa shape index (κ3) is 5.21. The molecule has 4 unspecified atom stereocenters. The summed E-state index contributed by atoms with van der Waals surface area (Å²) in [5.74, 6) is 0.143. The topological polar surface area (TPSA) is 132 Å². The van der Waals surface area contributed by atoms with Crippen LogP contribution >= 0.6 is 0 Å². The average Bonchev–Trinajstić information content (AvgIpc) is 3.40. The minimum Gasteiger partial charge on any atom is -0.496 e. The molecule has 4 rings (SSSR count). The molecular weight excluding hydrogens is 422 g/mol. The fraction of sp³-hybridized carbons (Fsp3) is 0.583. The first kappa shape index (κ1) is 22.9. The SMILES string of the molecule is COc1cccc2c1CC(C(=O)NC(CC1CCC1)C(=O)NC(C#N)CC1CCNC1=O)N2. The Kier molecular flexibility index (Phi) is 7.02. The molecule has 3 amide bonds. The number of carbonyl (C=O) groups is 3. The lowest BCUT2D eigenvalue weighted by atomic mass is 9.80. The monoisotopic (exact) mass is 453 g/mol. The first-order valence-corrected chi connectivity index (χ1v) is 11.7. The number of amides is 3. The molecule has 33 heavy (non-hydrogen) atoms. The van der Waals surface area contributed by atoms with Crippen molar-refractivity contribution in [3.05, 3.63) is 23.8 Å². The van der Waals surface area contributed by atoms with Crippen LogP contribution < -0.4 is 26.0 Å². The van der Waals surface area contributed by atoms with Crippen LogP contribution in [0.5, 0.6) is 5.75 Å². The number of rotatable bonds is 9. The van der Waals surface area contributed by atoms with E-state index >= 15 is 0 Å². The maximum atomic E-state index is 13.1. The van der Waals surface area contributed by atoms with Crippen molar-refractivity contribution in [1.82, 2.24) is 16.0 Å². The first-order valence-electron chi connectivity index (χ1n) is 11.7. The number of benzene rings is 1. The van der Waals surface area contributed by atoms with Crippen molar-refractivity contribution < 1.29 is 19.1 Å². The maximum Gasteiger partial charge on any atom is 0.243 e. The van der Waals surface area contributed by atoms with E-state index in [0.717, 1.165) is 36.3 Å². The van der Waals surface area contributed by atoms with Crippen molar-refractivity contribution in [2.24, 2.45) is 11.8 Å². The third-order valence-electron chi connectivity index (χ3n) is 6.99. The predicted molar refractivity (Wildman–Crippen MR) is 121 cm³/mol. The average molecular weight is 454 g/mol. The van der Waals surface area contributed by atoms with Crippen molar-refractivity contribution in [2.75, 3.05) is 19.0 Å². The summed E-state index contributed by atoms with van der Waals surface area (Å²) in [6.45, 7) is 0.595. The molecule has 4 atom stereocenters. The van der Waals surface area contributed by atoms with Crippen molar-refractivity contribution in [3.63, 3.8) is 0 Å². The smallest absolute Gasteiger partial charge is 0.243 e. The van der Waals surface area contributed by atoms with Crippen molar-refractivity contribution >= 4 is 23.4 Å². The van der Waals surface area contributed by atoms with Gasteiger partial charge in [-0.2, -0.15) is 5.26 Å². The predicted octanol–water partition coefficient (Wildman–Crippen LogP) is 1.24. The lowest BCUT2D eigenvalue weighted by Crippen LogP contribution is -2.53. The number of hydrogen-bond acceptors (Lipinski definition) is 6. The van der Waals surface area contributed by atoms with Gasteiger partial charge in [0.25, 0.3) is 0 Å². The van der Waals surface area contributed by atoms with Crippen LogP contribution in [0.25, 0.3) is 0 Å². The van der Waals surface area contributed by atoms with Gasteiger partial charge in [-0.1, -0.05) is 25.3 Å². The highest BCUT2D eigenvalue weighted by atomic mass is 16.5. The fourth-order valence-corrected chi connectivity index (χ4v) is 4.84. The molecule has 2 fully saturated rings. The summed E-state index contributed by atoms with van der Waals surface area (Å²) in [6, 6.07) is 5.74. The minimum atomic E-state index is -0.773. The van der Waals surface area contributed by atoms with Gasteiger partial charge in [-0.25, -0.2) is 0 Å². The molecule has 3 aliphatic rings. The van der Waals surface area contributed by atoms with Gasteiger partial charge < -0.3 is 26.0 Å². The number of anilines is 1. The number of nitriles is 1. The Hall–Kier alpha value is -3.28. The number of nitrogens with zero attached hydrogens (tertiary/aromatic N) is 1. The van der Waals surface area contributed by atoms with Gasteiger partial charge in [-0.3, -0.25) is 14.4 Å². The zero-order valence-electron chi connectivity index (χ0n) is 18.9. The van der Waals surface area contributed by atoms with Crippen molar-refractivity contribution in [1.29, 1.82) is 5.26 Å². The lowest BCUT2D eigenvalue weighted by Gasteiger charge is -2.30. The summed E-state index contributed by atoms with van der Waals surface area (Å²) >= 11 is 0. The molecule has 1 aliphatic carbocycles. The number of carbonyl (C=O) groups excluding carboxylic acids is 3. The Bertz CT molecular complexity index is 955. The van der Waals surface area contributed by atoms with Crippen LogP contribution in [0.4, 0.5) is 5.69 Å². The van der Waals surface area contributed by atoms with E-state index in [1.165, 1.54) is 0 Å². The second-order valence-electron chi connectivity index (χ2n) is 9.18. The molecular formula is C24H31N5O4.